The van der Waals surface area contributed by atoms with Crippen molar-refractivity contribution in [1.82, 2.24) is 9.97 Å². The molecule has 2 heterocycles. The molecule has 0 radical (unpaired) electrons. The Morgan fingerprint density at radius 2 is 1.48 bits per heavy atom. The predicted octanol–water partition coefficient (Wildman–Crippen LogP) is 4.54. The van der Waals surface area contributed by atoms with Crippen LogP contribution in [0.4, 0.5) is 11.4 Å². The number of ether oxygens (including phenoxy) is 2. The molecule has 0 spiro atoms. The van der Waals surface area contributed by atoms with Gasteiger partial charge in [-0.1, -0.05) is 6.07 Å². The molecule has 2 aromatic heterocycles. The van der Waals surface area contributed by atoms with Gasteiger partial charge in [0, 0.05) is 40.6 Å². The molecule has 4 rings (SSSR count). The van der Waals surface area contributed by atoms with Gasteiger partial charge in [-0.25, -0.2) is 0 Å². The summed E-state index contributed by atoms with van der Waals surface area (Å²) in [6.45, 7) is 0. The molecule has 0 aliphatic heterocycles. The minimum Gasteiger partial charge on any atom is -0.493 e. The van der Waals surface area contributed by atoms with E-state index in [0.29, 0.717) is 11.5 Å². The third kappa shape index (κ3) is 2.70. The maximum absolute atomic E-state index is 5.43. The molecule has 1 N–H and O–H groups in total. The monoisotopic (exact) mass is 331 g/mol. The SMILES string of the molecule is COc1cc2nccc(Nc3cccc4ncccc34)c2cc1OC. The number of benzene rings is 2. The Morgan fingerprint density at radius 3 is 2.32 bits per heavy atom. The van der Waals surface area contributed by atoms with Crippen LogP contribution in [0.2, 0.25) is 0 Å². The number of aromatic nitrogens is 2. The number of pyridine rings is 2. The van der Waals surface area contributed by atoms with E-state index >= 15 is 0 Å². The van der Waals surface area contributed by atoms with E-state index in [-0.39, 0.29) is 0 Å². The number of hydrogen-bond donors (Lipinski definition) is 1. The minimum absolute atomic E-state index is 0.661. The molecule has 0 unspecified atom stereocenters. The van der Waals surface area contributed by atoms with Crippen molar-refractivity contribution in [2.24, 2.45) is 0 Å². The number of methoxy groups -OCH3 is 2. The molecule has 0 saturated carbocycles. The second-order valence-corrected chi connectivity index (χ2v) is 5.58. The Morgan fingerprint density at radius 1 is 0.720 bits per heavy atom. The number of fused-ring (bicyclic) bond motifs is 2. The van der Waals surface area contributed by atoms with Crippen LogP contribution in [-0.4, -0.2) is 24.2 Å². The molecule has 5 heteroatoms. The molecule has 0 amide bonds. The second kappa shape index (κ2) is 6.28. The van der Waals surface area contributed by atoms with Gasteiger partial charge in [-0.05, 0) is 36.4 Å². The maximum atomic E-state index is 5.43. The summed E-state index contributed by atoms with van der Waals surface area (Å²) in [4.78, 5) is 8.85. The van der Waals surface area contributed by atoms with Gasteiger partial charge in [0.25, 0.3) is 0 Å². The number of hydrogen-bond acceptors (Lipinski definition) is 5. The highest BCUT2D eigenvalue weighted by atomic mass is 16.5. The highest BCUT2D eigenvalue weighted by Gasteiger charge is 2.11. The smallest absolute Gasteiger partial charge is 0.162 e. The van der Waals surface area contributed by atoms with Gasteiger partial charge in [-0.3, -0.25) is 9.97 Å². The van der Waals surface area contributed by atoms with Crippen LogP contribution in [0.5, 0.6) is 11.5 Å². The Balaban J connectivity index is 1.86. The molecule has 25 heavy (non-hydrogen) atoms. The molecule has 2 aromatic carbocycles. The van der Waals surface area contributed by atoms with Gasteiger partial charge in [-0.2, -0.15) is 0 Å². The number of nitrogens with one attached hydrogen (secondary N) is 1. The first-order chi connectivity index (χ1) is 12.3. The van der Waals surface area contributed by atoms with E-state index in [4.69, 9.17) is 9.47 Å². The molecule has 0 fully saturated rings. The molecular formula is C20H17N3O2. The summed E-state index contributed by atoms with van der Waals surface area (Å²) in [6.07, 6.45) is 3.57. The minimum atomic E-state index is 0.661. The van der Waals surface area contributed by atoms with E-state index in [1.54, 1.807) is 26.6 Å². The average molecular weight is 331 g/mol. The van der Waals surface area contributed by atoms with Gasteiger partial charge in [-0.15, -0.1) is 0 Å². The van der Waals surface area contributed by atoms with Gasteiger partial charge in [0.05, 0.1) is 25.3 Å². The molecule has 0 atom stereocenters. The van der Waals surface area contributed by atoms with Crippen molar-refractivity contribution in [3.8, 4) is 11.5 Å². The highest BCUT2D eigenvalue weighted by Crippen LogP contribution is 2.36. The summed E-state index contributed by atoms with van der Waals surface area (Å²) in [7, 11) is 3.25. The molecule has 0 saturated heterocycles. The Hall–Kier alpha value is -3.34. The molecule has 4 aromatic rings. The topological polar surface area (TPSA) is 56.3 Å². The first kappa shape index (κ1) is 15.2. The van der Waals surface area contributed by atoms with Crippen molar-refractivity contribution in [3.05, 3.63) is 60.9 Å². The van der Waals surface area contributed by atoms with Crippen LogP contribution >= 0.6 is 0 Å². The third-order valence-corrected chi connectivity index (χ3v) is 4.16. The van der Waals surface area contributed by atoms with Crippen LogP contribution in [0.25, 0.3) is 21.8 Å². The fraction of sp³-hybridized carbons (Fsp3) is 0.100. The molecular weight excluding hydrogens is 314 g/mol. The largest absolute Gasteiger partial charge is 0.493 e. The lowest BCUT2D eigenvalue weighted by molar-refractivity contribution is 0.356. The zero-order valence-electron chi connectivity index (χ0n) is 14.0. The molecule has 0 aliphatic carbocycles. The van der Waals surface area contributed by atoms with Crippen molar-refractivity contribution >= 4 is 33.2 Å². The van der Waals surface area contributed by atoms with Gasteiger partial charge < -0.3 is 14.8 Å². The number of rotatable bonds is 4. The zero-order valence-corrected chi connectivity index (χ0v) is 14.0. The van der Waals surface area contributed by atoms with Crippen molar-refractivity contribution < 1.29 is 9.47 Å². The van der Waals surface area contributed by atoms with Gasteiger partial charge in [0.2, 0.25) is 0 Å². The summed E-state index contributed by atoms with van der Waals surface area (Å²) in [5.41, 5.74) is 3.72. The van der Waals surface area contributed by atoms with Gasteiger partial charge >= 0.3 is 0 Å². The highest BCUT2D eigenvalue weighted by molar-refractivity contribution is 5.99. The Kier molecular flexibility index (Phi) is 3.82. The Labute approximate surface area is 145 Å². The first-order valence-corrected chi connectivity index (χ1v) is 7.91. The van der Waals surface area contributed by atoms with Crippen LogP contribution in [0, 0.1) is 0 Å². The number of anilines is 2. The summed E-state index contributed by atoms with van der Waals surface area (Å²) in [5.74, 6) is 1.33. The standard InChI is InChI=1S/C20H17N3O2/c1-24-19-11-14-17(8-10-22-18(14)12-20(19)25-2)23-16-7-3-6-15-13(16)5-4-9-21-15/h3-12H,1-2H3,(H,22,23). The van der Waals surface area contributed by atoms with Gasteiger partial charge in [0.15, 0.2) is 11.5 Å². The Bertz CT molecular complexity index is 1060. The van der Waals surface area contributed by atoms with E-state index in [0.717, 1.165) is 33.2 Å². The lowest BCUT2D eigenvalue weighted by Gasteiger charge is -2.14. The molecule has 124 valence electrons. The van der Waals surface area contributed by atoms with Crippen LogP contribution in [0.1, 0.15) is 0 Å². The molecule has 5 nitrogen and oxygen atoms in total. The first-order valence-electron chi connectivity index (χ1n) is 7.91. The fourth-order valence-electron chi connectivity index (χ4n) is 2.94. The van der Waals surface area contributed by atoms with Crippen molar-refractivity contribution in [2.75, 3.05) is 19.5 Å². The van der Waals surface area contributed by atoms with Crippen molar-refractivity contribution in [3.63, 3.8) is 0 Å². The predicted molar refractivity (Wildman–Crippen MR) is 99.9 cm³/mol. The fourth-order valence-corrected chi connectivity index (χ4v) is 2.94. The van der Waals surface area contributed by atoms with Crippen LogP contribution in [-0.2, 0) is 0 Å². The lowest BCUT2D eigenvalue weighted by atomic mass is 10.1. The van der Waals surface area contributed by atoms with E-state index in [2.05, 4.69) is 21.4 Å². The number of nitrogens with zero attached hydrogens (tertiary/aromatic N) is 2. The second-order valence-electron chi connectivity index (χ2n) is 5.58. The average Bonchev–Trinajstić information content (AvgIpc) is 2.67. The van der Waals surface area contributed by atoms with E-state index in [1.807, 2.05) is 42.5 Å². The third-order valence-electron chi connectivity index (χ3n) is 4.16. The van der Waals surface area contributed by atoms with E-state index < -0.39 is 0 Å². The summed E-state index contributed by atoms with van der Waals surface area (Å²) >= 11 is 0. The van der Waals surface area contributed by atoms with Crippen molar-refractivity contribution in [2.45, 2.75) is 0 Å². The quantitative estimate of drug-likeness (QED) is 0.595. The maximum Gasteiger partial charge on any atom is 0.162 e. The van der Waals surface area contributed by atoms with Crippen LogP contribution in [0.3, 0.4) is 0 Å². The van der Waals surface area contributed by atoms with E-state index in [1.165, 1.54) is 0 Å². The lowest BCUT2D eigenvalue weighted by Crippen LogP contribution is -1.96. The van der Waals surface area contributed by atoms with Crippen LogP contribution < -0.4 is 14.8 Å². The van der Waals surface area contributed by atoms with Crippen LogP contribution in [0.15, 0.2) is 60.9 Å². The normalized spacial score (nSPS) is 10.8. The van der Waals surface area contributed by atoms with Crippen molar-refractivity contribution in [1.29, 1.82) is 0 Å². The van der Waals surface area contributed by atoms with Gasteiger partial charge in [0.1, 0.15) is 0 Å². The molecule has 0 aliphatic rings. The zero-order chi connectivity index (χ0) is 17.2. The summed E-state index contributed by atoms with van der Waals surface area (Å²) in [6, 6.07) is 15.8. The van der Waals surface area contributed by atoms with E-state index in [9.17, 15) is 0 Å². The summed E-state index contributed by atoms with van der Waals surface area (Å²) in [5, 5.41) is 5.53. The molecule has 0 bridgehead atoms. The summed E-state index contributed by atoms with van der Waals surface area (Å²) < 4.78 is 10.8.